The van der Waals surface area contributed by atoms with Gasteiger partial charge >= 0.3 is 0 Å². The molecule has 2 heteroatoms. The number of nitrogens with zero attached hydrogens (tertiary/aromatic N) is 1. The smallest absolute Gasteiger partial charge is 0.0444 e. The third-order valence-electron chi connectivity index (χ3n) is 4.04. The molecule has 2 nitrogen and oxygen atoms in total. The van der Waals surface area contributed by atoms with Crippen LogP contribution in [0.25, 0.3) is 0 Å². The topological polar surface area (TPSA) is 29.3 Å². The van der Waals surface area contributed by atoms with Gasteiger partial charge < -0.3 is 10.6 Å². The SMILES string of the molecule is NCC1C2CCC(C2)N1c1ccccc1. The van der Waals surface area contributed by atoms with Gasteiger partial charge in [-0.3, -0.25) is 0 Å². The van der Waals surface area contributed by atoms with E-state index in [9.17, 15) is 0 Å². The quantitative estimate of drug-likeness (QED) is 0.794. The number of rotatable bonds is 2. The summed E-state index contributed by atoms with van der Waals surface area (Å²) in [6.07, 6.45) is 4.10. The van der Waals surface area contributed by atoms with Crippen LogP contribution in [0.4, 0.5) is 5.69 Å². The highest BCUT2D eigenvalue weighted by molar-refractivity contribution is 5.50. The largest absolute Gasteiger partial charge is 0.364 e. The summed E-state index contributed by atoms with van der Waals surface area (Å²) in [5.74, 6) is 0.847. The Morgan fingerprint density at radius 1 is 1.20 bits per heavy atom. The molecule has 80 valence electrons. The molecule has 2 N–H and O–H groups in total. The van der Waals surface area contributed by atoms with Crippen LogP contribution in [0, 0.1) is 5.92 Å². The second-order valence-corrected chi connectivity index (χ2v) is 4.77. The Kier molecular flexibility index (Phi) is 2.17. The highest BCUT2D eigenvalue weighted by Crippen LogP contribution is 2.44. The normalized spacial score (nSPS) is 33.7. The van der Waals surface area contributed by atoms with E-state index in [0.29, 0.717) is 6.04 Å². The van der Waals surface area contributed by atoms with Gasteiger partial charge in [-0.25, -0.2) is 0 Å². The van der Waals surface area contributed by atoms with Gasteiger partial charge in [-0.15, -0.1) is 0 Å². The van der Waals surface area contributed by atoms with Crippen molar-refractivity contribution in [2.75, 3.05) is 11.4 Å². The minimum absolute atomic E-state index is 0.589. The fourth-order valence-corrected chi connectivity index (χ4v) is 3.40. The van der Waals surface area contributed by atoms with Gasteiger partial charge in [-0.1, -0.05) is 18.2 Å². The summed E-state index contributed by atoms with van der Waals surface area (Å²) >= 11 is 0. The fraction of sp³-hybridized carbons (Fsp3) is 0.538. The van der Waals surface area contributed by atoms with Crippen molar-refractivity contribution in [2.45, 2.75) is 31.3 Å². The molecule has 2 aliphatic rings. The third kappa shape index (κ3) is 1.36. The van der Waals surface area contributed by atoms with Gasteiger partial charge in [0.2, 0.25) is 0 Å². The van der Waals surface area contributed by atoms with Crippen molar-refractivity contribution >= 4 is 5.69 Å². The molecule has 3 rings (SSSR count). The summed E-state index contributed by atoms with van der Waals surface area (Å²) in [5.41, 5.74) is 7.27. The number of piperidine rings is 1. The molecule has 2 fully saturated rings. The molecule has 1 heterocycles. The molecule has 1 saturated carbocycles. The molecule has 1 aromatic rings. The van der Waals surface area contributed by atoms with E-state index in [-0.39, 0.29) is 0 Å². The molecule has 3 atom stereocenters. The van der Waals surface area contributed by atoms with E-state index in [1.165, 1.54) is 24.9 Å². The zero-order valence-corrected chi connectivity index (χ0v) is 8.97. The van der Waals surface area contributed by atoms with Crippen LogP contribution >= 0.6 is 0 Å². The lowest BCUT2D eigenvalue weighted by Crippen LogP contribution is -2.45. The first-order valence-corrected chi connectivity index (χ1v) is 5.93. The van der Waals surface area contributed by atoms with Crippen LogP contribution in [-0.4, -0.2) is 18.6 Å². The van der Waals surface area contributed by atoms with E-state index in [4.69, 9.17) is 5.73 Å². The van der Waals surface area contributed by atoms with E-state index >= 15 is 0 Å². The van der Waals surface area contributed by atoms with Crippen molar-refractivity contribution in [3.8, 4) is 0 Å². The summed E-state index contributed by atoms with van der Waals surface area (Å²) in [5, 5.41) is 0. The number of nitrogens with two attached hydrogens (primary N) is 1. The van der Waals surface area contributed by atoms with Gasteiger partial charge in [0, 0.05) is 24.3 Å². The molecule has 0 amide bonds. The monoisotopic (exact) mass is 202 g/mol. The van der Waals surface area contributed by atoms with Gasteiger partial charge in [-0.2, -0.15) is 0 Å². The Hall–Kier alpha value is -1.02. The second-order valence-electron chi connectivity index (χ2n) is 4.77. The van der Waals surface area contributed by atoms with Gasteiger partial charge in [-0.05, 0) is 37.3 Å². The minimum Gasteiger partial charge on any atom is -0.364 e. The molecule has 0 spiro atoms. The van der Waals surface area contributed by atoms with E-state index in [2.05, 4.69) is 35.2 Å². The lowest BCUT2D eigenvalue weighted by atomic mass is 9.98. The Labute approximate surface area is 91.1 Å². The maximum atomic E-state index is 5.91. The lowest BCUT2D eigenvalue weighted by Gasteiger charge is -2.36. The summed E-state index contributed by atoms with van der Waals surface area (Å²) in [4.78, 5) is 2.56. The molecule has 3 unspecified atom stereocenters. The number of para-hydroxylation sites is 1. The zero-order chi connectivity index (χ0) is 10.3. The molecular formula is C13H18N2. The lowest BCUT2D eigenvalue weighted by molar-refractivity contribution is 0.435. The highest BCUT2D eigenvalue weighted by atomic mass is 15.2. The standard InChI is InChI=1S/C13H18N2/c14-9-13-10-6-7-12(8-10)15(13)11-4-2-1-3-5-11/h1-5,10,12-13H,6-9,14H2. The highest BCUT2D eigenvalue weighted by Gasteiger charge is 2.44. The summed E-state index contributed by atoms with van der Waals surface area (Å²) < 4.78 is 0. The van der Waals surface area contributed by atoms with E-state index in [0.717, 1.165) is 18.5 Å². The van der Waals surface area contributed by atoms with Crippen LogP contribution in [0.3, 0.4) is 0 Å². The Balaban J connectivity index is 1.92. The van der Waals surface area contributed by atoms with E-state index in [1.807, 2.05) is 0 Å². The number of hydrogen-bond donors (Lipinski definition) is 1. The Morgan fingerprint density at radius 2 is 2.00 bits per heavy atom. The Bertz CT molecular complexity index is 336. The molecule has 0 aromatic heterocycles. The van der Waals surface area contributed by atoms with Crippen LogP contribution in [0.5, 0.6) is 0 Å². The van der Waals surface area contributed by atoms with Crippen molar-refractivity contribution in [2.24, 2.45) is 11.7 Å². The van der Waals surface area contributed by atoms with Gasteiger partial charge in [0.15, 0.2) is 0 Å². The zero-order valence-electron chi connectivity index (χ0n) is 8.97. The molecule has 2 bridgehead atoms. The molecule has 1 saturated heterocycles. The van der Waals surface area contributed by atoms with Crippen LogP contribution in [-0.2, 0) is 0 Å². The van der Waals surface area contributed by atoms with Gasteiger partial charge in [0.1, 0.15) is 0 Å². The van der Waals surface area contributed by atoms with Crippen molar-refractivity contribution < 1.29 is 0 Å². The predicted octanol–water partition coefficient (Wildman–Crippen LogP) is 2.00. The van der Waals surface area contributed by atoms with Crippen molar-refractivity contribution in [3.05, 3.63) is 30.3 Å². The minimum atomic E-state index is 0.589. The van der Waals surface area contributed by atoms with Crippen LogP contribution in [0.1, 0.15) is 19.3 Å². The average Bonchev–Trinajstić information content (AvgIpc) is 2.89. The van der Waals surface area contributed by atoms with Crippen LogP contribution < -0.4 is 10.6 Å². The maximum Gasteiger partial charge on any atom is 0.0444 e. The molecule has 1 aromatic carbocycles. The predicted molar refractivity (Wildman–Crippen MR) is 62.9 cm³/mol. The third-order valence-corrected chi connectivity index (χ3v) is 4.04. The molecule has 0 radical (unpaired) electrons. The van der Waals surface area contributed by atoms with Gasteiger partial charge in [0.25, 0.3) is 0 Å². The van der Waals surface area contributed by atoms with Crippen LogP contribution in [0.15, 0.2) is 30.3 Å². The molecule has 1 aliphatic carbocycles. The van der Waals surface area contributed by atoms with Crippen LogP contribution in [0.2, 0.25) is 0 Å². The fourth-order valence-electron chi connectivity index (χ4n) is 3.40. The first kappa shape index (κ1) is 9.22. The summed E-state index contributed by atoms with van der Waals surface area (Å²) in [6.45, 7) is 0.802. The first-order valence-electron chi connectivity index (χ1n) is 5.93. The second kappa shape index (κ2) is 3.53. The number of anilines is 1. The van der Waals surface area contributed by atoms with Crippen molar-refractivity contribution in [3.63, 3.8) is 0 Å². The molecular weight excluding hydrogens is 184 g/mol. The van der Waals surface area contributed by atoms with Crippen molar-refractivity contribution in [1.82, 2.24) is 0 Å². The van der Waals surface area contributed by atoms with E-state index in [1.54, 1.807) is 0 Å². The van der Waals surface area contributed by atoms with Gasteiger partial charge in [0.05, 0.1) is 0 Å². The Morgan fingerprint density at radius 3 is 2.73 bits per heavy atom. The summed E-state index contributed by atoms with van der Waals surface area (Å²) in [7, 11) is 0. The number of fused-ring (bicyclic) bond motifs is 2. The number of benzene rings is 1. The molecule has 1 aliphatic heterocycles. The first-order chi connectivity index (χ1) is 7.40. The maximum absolute atomic E-state index is 5.91. The van der Waals surface area contributed by atoms with E-state index < -0.39 is 0 Å². The average molecular weight is 202 g/mol. The molecule has 15 heavy (non-hydrogen) atoms. The van der Waals surface area contributed by atoms with Crippen molar-refractivity contribution in [1.29, 1.82) is 0 Å². The summed E-state index contributed by atoms with van der Waals surface area (Å²) in [6, 6.07) is 12.1. The number of hydrogen-bond acceptors (Lipinski definition) is 2.